The summed E-state index contributed by atoms with van der Waals surface area (Å²) < 4.78 is 0. The van der Waals surface area contributed by atoms with Crippen molar-refractivity contribution in [2.75, 3.05) is 19.6 Å². The zero-order valence-electron chi connectivity index (χ0n) is 17.5. The minimum absolute atomic E-state index is 0.0289. The molecule has 2 unspecified atom stereocenters. The second-order valence-corrected chi connectivity index (χ2v) is 9.83. The van der Waals surface area contributed by atoms with Gasteiger partial charge in [0.2, 0.25) is 11.8 Å². The molecule has 29 heavy (non-hydrogen) atoms. The predicted octanol–water partition coefficient (Wildman–Crippen LogP) is 4.64. The monoisotopic (exact) mass is 432 g/mol. The number of rotatable bonds is 6. The van der Waals surface area contributed by atoms with E-state index in [1.54, 1.807) is 23.2 Å². The van der Waals surface area contributed by atoms with Gasteiger partial charge in [-0.25, -0.2) is 0 Å². The van der Waals surface area contributed by atoms with Gasteiger partial charge in [-0.15, -0.1) is 22.9 Å². The number of nitrogens with zero attached hydrogens (tertiary/aromatic N) is 2. The quantitative estimate of drug-likeness (QED) is 0.624. The standard InChI is InChI=1S/C23H29ClN2O2S/c1-15(2)13-25(23(28)17(4)24)14-21(27)26-11-9-20-19(10-12-29-20)22(26)18-7-5-16(3)6-8-18/h5-8,10,12,15,17,22H,9,11,13-14H2,1-4H3. The van der Waals surface area contributed by atoms with Crippen LogP contribution in [0.5, 0.6) is 0 Å². The van der Waals surface area contributed by atoms with E-state index in [1.165, 1.54) is 16.0 Å². The van der Waals surface area contributed by atoms with E-state index in [2.05, 4.69) is 42.6 Å². The predicted molar refractivity (Wildman–Crippen MR) is 119 cm³/mol. The normalized spacial score (nSPS) is 17.2. The van der Waals surface area contributed by atoms with Gasteiger partial charge in [-0.2, -0.15) is 0 Å². The Bertz CT molecular complexity index is 860. The van der Waals surface area contributed by atoms with Crippen molar-refractivity contribution < 1.29 is 9.59 Å². The van der Waals surface area contributed by atoms with Crippen molar-refractivity contribution in [3.8, 4) is 0 Å². The van der Waals surface area contributed by atoms with Gasteiger partial charge in [-0.1, -0.05) is 43.7 Å². The van der Waals surface area contributed by atoms with Crippen LogP contribution in [0.25, 0.3) is 0 Å². The molecule has 1 aliphatic rings. The number of alkyl halides is 1. The highest BCUT2D eigenvalue weighted by Gasteiger charge is 2.34. The van der Waals surface area contributed by atoms with Crippen LogP contribution >= 0.6 is 22.9 Å². The molecule has 156 valence electrons. The van der Waals surface area contributed by atoms with Gasteiger partial charge in [0, 0.05) is 18.0 Å². The van der Waals surface area contributed by atoms with Gasteiger partial charge in [0.1, 0.15) is 5.38 Å². The lowest BCUT2D eigenvalue weighted by Crippen LogP contribution is -2.48. The van der Waals surface area contributed by atoms with E-state index in [0.29, 0.717) is 13.1 Å². The van der Waals surface area contributed by atoms with Crippen molar-refractivity contribution in [2.24, 2.45) is 5.92 Å². The molecule has 6 heteroatoms. The van der Waals surface area contributed by atoms with Crippen molar-refractivity contribution >= 4 is 34.8 Å². The lowest BCUT2D eigenvalue weighted by atomic mass is 9.92. The molecule has 4 nitrogen and oxygen atoms in total. The summed E-state index contributed by atoms with van der Waals surface area (Å²) in [5, 5.41) is 1.46. The Morgan fingerprint density at radius 3 is 2.52 bits per heavy atom. The number of thiophene rings is 1. The average Bonchev–Trinajstić information content (AvgIpc) is 3.15. The molecule has 0 saturated carbocycles. The Balaban J connectivity index is 1.89. The molecule has 1 aromatic heterocycles. The fourth-order valence-corrected chi connectivity index (χ4v) is 4.91. The van der Waals surface area contributed by atoms with Crippen LogP contribution in [0.4, 0.5) is 0 Å². The maximum absolute atomic E-state index is 13.4. The smallest absolute Gasteiger partial charge is 0.242 e. The molecule has 2 amide bonds. The molecule has 0 fully saturated rings. The van der Waals surface area contributed by atoms with Crippen LogP contribution in [0.3, 0.4) is 0 Å². The number of fused-ring (bicyclic) bond motifs is 1. The van der Waals surface area contributed by atoms with Crippen molar-refractivity contribution in [3.63, 3.8) is 0 Å². The highest BCUT2D eigenvalue weighted by atomic mass is 35.5. The van der Waals surface area contributed by atoms with Gasteiger partial charge in [-0.3, -0.25) is 9.59 Å². The average molecular weight is 433 g/mol. The van der Waals surface area contributed by atoms with E-state index in [9.17, 15) is 9.59 Å². The first-order valence-electron chi connectivity index (χ1n) is 10.1. The summed E-state index contributed by atoms with van der Waals surface area (Å²) in [7, 11) is 0. The van der Waals surface area contributed by atoms with E-state index in [4.69, 9.17) is 11.6 Å². The maximum Gasteiger partial charge on any atom is 0.242 e. The molecule has 2 aromatic rings. The van der Waals surface area contributed by atoms with Crippen molar-refractivity contribution in [3.05, 3.63) is 57.3 Å². The van der Waals surface area contributed by atoms with Gasteiger partial charge in [0.25, 0.3) is 0 Å². The van der Waals surface area contributed by atoms with Crippen molar-refractivity contribution in [1.29, 1.82) is 0 Å². The molecule has 3 rings (SSSR count). The third-order valence-corrected chi connectivity index (χ3v) is 6.43. The molecule has 0 aliphatic carbocycles. The number of benzene rings is 1. The Hall–Kier alpha value is -1.85. The summed E-state index contributed by atoms with van der Waals surface area (Å²) in [6, 6.07) is 10.4. The number of aryl methyl sites for hydroxylation is 1. The SMILES string of the molecule is Cc1ccc(C2c3ccsc3CCN2C(=O)CN(CC(C)C)C(=O)C(C)Cl)cc1. The highest BCUT2D eigenvalue weighted by molar-refractivity contribution is 7.10. The van der Waals surface area contributed by atoms with Crippen LogP contribution in [0, 0.1) is 12.8 Å². The summed E-state index contributed by atoms with van der Waals surface area (Å²) in [5.41, 5.74) is 3.50. The molecule has 0 spiro atoms. The Morgan fingerprint density at radius 1 is 1.21 bits per heavy atom. The first kappa shape index (κ1) is 21.8. The molecule has 1 aromatic carbocycles. The molecule has 0 bridgehead atoms. The molecule has 2 atom stereocenters. The van der Waals surface area contributed by atoms with Gasteiger partial charge in [-0.05, 0) is 48.8 Å². The summed E-state index contributed by atoms with van der Waals surface area (Å²) in [4.78, 5) is 30.8. The fourth-order valence-electron chi connectivity index (χ4n) is 3.87. The first-order chi connectivity index (χ1) is 13.8. The largest absolute Gasteiger partial charge is 0.332 e. The molecular weight excluding hydrogens is 404 g/mol. The molecular formula is C23H29ClN2O2S. The lowest BCUT2D eigenvalue weighted by molar-refractivity contribution is -0.141. The number of amides is 2. The molecule has 1 aliphatic heterocycles. The molecule has 2 heterocycles. The van der Waals surface area contributed by atoms with Gasteiger partial charge >= 0.3 is 0 Å². The summed E-state index contributed by atoms with van der Waals surface area (Å²) >= 11 is 7.80. The minimum Gasteiger partial charge on any atom is -0.332 e. The summed E-state index contributed by atoms with van der Waals surface area (Å²) in [5.74, 6) is 0.0486. The van der Waals surface area contributed by atoms with Gasteiger partial charge in [0.05, 0.1) is 12.6 Å². The number of hydrogen-bond acceptors (Lipinski definition) is 3. The third kappa shape index (κ3) is 5.01. The number of carbonyl (C=O) groups is 2. The maximum atomic E-state index is 13.4. The van der Waals surface area contributed by atoms with Crippen molar-refractivity contribution in [1.82, 2.24) is 9.80 Å². The van der Waals surface area contributed by atoms with E-state index in [1.807, 2.05) is 18.7 Å². The number of halogens is 1. The van der Waals surface area contributed by atoms with Crippen LogP contribution in [0.2, 0.25) is 0 Å². The van der Waals surface area contributed by atoms with Crippen LogP contribution < -0.4 is 0 Å². The van der Waals surface area contributed by atoms with Crippen LogP contribution in [0.15, 0.2) is 35.7 Å². The minimum atomic E-state index is -0.640. The lowest BCUT2D eigenvalue weighted by Gasteiger charge is -2.38. The second kappa shape index (κ2) is 9.31. The fraction of sp³-hybridized carbons (Fsp3) is 0.478. The van der Waals surface area contributed by atoms with Crippen LogP contribution in [-0.4, -0.2) is 46.6 Å². The van der Waals surface area contributed by atoms with Gasteiger partial charge < -0.3 is 9.80 Å². The second-order valence-electron chi connectivity index (χ2n) is 8.18. The molecule has 0 saturated heterocycles. The Morgan fingerprint density at radius 2 is 1.90 bits per heavy atom. The molecule has 0 radical (unpaired) electrons. The summed E-state index contributed by atoms with van der Waals surface area (Å²) in [6.45, 7) is 9.05. The van der Waals surface area contributed by atoms with E-state index < -0.39 is 5.38 Å². The summed E-state index contributed by atoms with van der Waals surface area (Å²) in [6.07, 6.45) is 0.852. The Labute approximate surface area is 182 Å². The van der Waals surface area contributed by atoms with Crippen LogP contribution in [0.1, 0.15) is 48.4 Å². The molecule has 0 N–H and O–H groups in total. The number of hydrogen-bond donors (Lipinski definition) is 0. The zero-order valence-corrected chi connectivity index (χ0v) is 19.1. The highest BCUT2D eigenvalue weighted by Crippen LogP contribution is 2.38. The number of carbonyl (C=O) groups excluding carboxylic acids is 2. The van der Waals surface area contributed by atoms with Crippen LogP contribution in [-0.2, 0) is 16.0 Å². The van der Waals surface area contributed by atoms with E-state index in [0.717, 1.165) is 12.0 Å². The van der Waals surface area contributed by atoms with Crippen molar-refractivity contribution in [2.45, 2.75) is 45.5 Å². The first-order valence-corrected chi connectivity index (χ1v) is 11.4. The van der Waals surface area contributed by atoms with Gasteiger partial charge in [0.15, 0.2) is 0 Å². The topological polar surface area (TPSA) is 40.6 Å². The Kier molecular flexibility index (Phi) is 7.01. The van der Waals surface area contributed by atoms with E-state index in [-0.39, 0.29) is 30.3 Å². The zero-order chi connectivity index (χ0) is 21.1. The van der Waals surface area contributed by atoms with E-state index >= 15 is 0 Å². The third-order valence-electron chi connectivity index (χ3n) is 5.24.